The Bertz CT molecular complexity index is 373. The number of nitrogens with one attached hydrogen (secondary N) is 2. The summed E-state index contributed by atoms with van der Waals surface area (Å²) in [5, 5.41) is 4.82. The molecule has 0 rings (SSSR count). The Kier molecular flexibility index (Phi) is 7.35. The molecule has 0 unspecified atom stereocenters. The lowest BCUT2D eigenvalue weighted by Crippen LogP contribution is -2.46. The van der Waals surface area contributed by atoms with Gasteiger partial charge in [0, 0.05) is 6.54 Å². The maximum atomic E-state index is 11.6. The van der Waals surface area contributed by atoms with E-state index in [-0.39, 0.29) is 13.0 Å². The van der Waals surface area contributed by atoms with Crippen LogP contribution in [0, 0.1) is 0 Å². The van der Waals surface area contributed by atoms with Crippen molar-refractivity contribution in [2.75, 3.05) is 13.7 Å². The van der Waals surface area contributed by atoms with E-state index in [0.29, 0.717) is 0 Å². The van der Waals surface area contributed by atoms with Crippen molar-refractivity contribution in [2.24, 2.45) is 0 Å². The second-order valence-electron chi connectivity index (χ2n) is 5.02. The molecular weight excluding hydrogens is 264 g/mol. The van der Waals surface area contributed by atoms with Gasteiger partial charge in [0.1, 0.15) is 11.6 Å². The molecule has 114 valence electrons. The lowest BCUT2D eigenvalue weighted by molar-refractivity contribution is -0.144. The van der Waals surface area contributed by atoms with E-state index in [2.05, 4.69) is 21.9 Å². The number of esters is 1. The second-order valence-corrected chi connectivity index (χ2v) is 5.02. The van der Waals surface area contributed by atoms with Gasteiger partial charge in [-0.25, -0.2) is 9.59 Å². The smallest absolute Gasteiger partial charge is 0.408 e. The van der Waals surface area contributed by atoms with E-state index in [1.165, 1.54) is 13.2 Å². The van der Waals surface area contributed by atoms with E-state index >= 15 is 0 Å². The number of ether oxygens (including phenoxy) is 2. The van der Waals surface area contributed by atoms with Crippen LogP contribution in [0.15, 0.2) is 12.7 Å². The largest absolute Gasteiger partial charge is 0.467 e. The summed E-state index contributed by atoms with van der Waals surface area (Å²) in [6, 6.07) is -1.10. The number of carbonyl (C=O) groups excluding carboxylic acids is 3. The van der Waals surface area contributed by atoms with Crippen molar-refractivity contribution < 1.29 is 23.9 Å². The van der Waals surface area contributed by atoms with E-state index < -0.39 is 29.6 Å². The third-order valence-corrected chi connectivity index (χ3v) is 2.01. The molecule has 0 aliphatic heterocycles. The maximum absolute atomic E-state index is 11.6. The fourth-order valence-corrected chi connectivity index (χ4v) is 1.23. The molecule has 7 nitrogen and oxygen atoms in total. The molecule has 2 N–H and O–H groups in total. The molecular formula is C13H22N2O5. The number of rotatable bonds is 6. The third kappa shape index (κ3) is 8.12. The summed E-state index contributed by atoms with van der Waals surface area (Å²) in [4.78, 5) is 34.7. The fraction of sp³-hybridized carbons (Fsp3) is 0.615. The first kappa shape index (κ1) is 17.9. The predicted octanol–water partition coefficient (Wildman–Crippen LogP) is 0.745. The summed E-state index contributed by atoms with van der Waals surface area (Å²) >= 11 is 0. The van der Waals surface area contributed by atoms with Crippen LogP contribution in [0.25, 0.3) is 0 Å². The molecule has 0 saturated carbocycles. The Morgan fingerprint density at radius 3 is 2.35 bits per heavy atom. The van der Waals surface area contributed by atoms with Crippen LogP contribution in [0.5, 0.6) is 0 Å². The van der Waals surface area contributed by atoms with E-state index in [9.17, 15) is 14.4 Å². The van der Waals surface area contributed by atoms with E-state index in [1.54, 1.807) is 20.8 Å². The molecule has 0 fully saturated rings. The van der Waals surface area contributed by atoms with Crippen LogP contribution in [0.2, 0.25) is 0 Å². The monoisotopic (exact) mass is 286 g/mol. The molecule has 0 aromatic rings. The summed E-state index contributed by atoms with van der Waals surface area (Å²) in [7, 11) is 1.17. The molecule has 20 heavy (non-hydrogen) atoms. The fourth-order valence-electron chi connectivity index (χ4n) is 1.23. The highest BCUT2D eigenvalue weighted by Gasteiger charge is 2.27. The standard InChI is InChI=1S/C13H22N2O5/c1-6-7-14-10(16)8-9(11(17)19-5)15-12(18)20-13(2,3)4/h6,9H,1,7-8H2,2-5H3,(H,14,16)(H,15,18)/t9-/m0/s1. The number of hydrogen-bond acceptors (Lipinski definition) is 5. The van der Waals surface area contributed by atoms with E-state index in [0.717, 1.165) is 0 Å². The van der Waals surface area contributed by atoms with Gasteiger partial charge in [0.15, 0.2) is 0 Å². The average molecular weight is 286 g/mol. The van der Waals surface area contributed by atoms with Gasteiger partial charge in [-0.05, 0) is 20.8 Å². The minimum absolute atomic E-state index is 0.236. The Morgan fingerprint density at radius 1 is 1.30 bits per heavy atom. The quantitative estimate of drug-likeness (QED) is 0.555. The number of methoxy groups -OCH3 is 1. The van der Waals surface area contributed by atoms with Crippen molar-refractivity contribution >= 4 is 18.0 Å². The zero-order valence-corrected chi connectivity index (χ0v) is 12.3. The summed E-state index contributed by atoms with van der Waals surface area (Å²) in [5.41, 5.74) is -0.699. The molecule has 0 aromatic heterocycles. The molecule has 0 saturated heterocycles. The number of amides is 2. The first-order chi connectivity index (χ1) is 9.19. The zero-order valence-electron chi connectivity index (χ0n) is 12.3. The van der Waals surface area contributed by atoms with Crippen molar-refractivity contribution in [3.8, 4) is 0 Å². The summed E-state index contributed by atoms with van der Waals surface area (Å²) in [6.07, 6.45) is 0.482. The predicted molar refractivity (Wildman–Crippen MR) is 73.0 cm³/mol. The van der Waals surface area contributed by atoms with Gasteiger partial charge in [-0.2, -0.15) is 0 Å². The summed E-state index contributed by atoms with van der Waals surface area (Å²) in [6.45, 7) is 8.81. The van der Waals surface area contributed by atoms with E-state index in [4.69, 9.17) is 4.74 Å². The Hall–Kier alpha value is -2.05. The summed E-state index contributed by atoms with van der Waals surface area (Å²) < 4.78 is 9.56. The molecule has 7 heteroatoms. The first-order valence-corrected chi connectivity index (χ1v) is 6.14. The van der Waals surface area contributed by atoms with Crippen LogP contribution in [-0.4, -0.2) is 43.3 Å². The van der Waals surface area contributed by atoms with Crippen molar-refractivity contribution in [3.63, 3.8) is 0 Å². The molecule has 0 bridgehead atoms. The highest BCUT2D eigenvalue weighted by Crippen LogP contribution is 2.07. The lowest BCUT2D eigenvalue weighted by atomic mass is 10.2. The van der Waals surface area contributed by atoms with Gasteiger partial charge in [-0.3, -0.25) is 4.79 Å². The van der Waals surface area contributed by atoms with E-state index in [1.807, 2.05) is 0 Å². The Morgan fingerprint density at radius 2 is 1.90 bits per heavy atom. The summed E-state index contributed by atoms with van der Waals surface area (Å²) in [5.74, 6) is -1.12. The second kappa shape index (κ2) is 8.19. The van der Waals surface area contributed by atoms with Gasteiger partial charge in [0.25, 0.3) is 0 Å². The molecule has 0 aliphatic carbocycles. The van der Waals surface area contributed by atoms with Crippen molar-refractivity contribution in [2.45, 2.75) is 38.8 Å². The van der Waals surface area contributed by atoms with Crippen molar-refractivity contribution in [1.82, 2.24) is 10.6 Å². The Labute approximate surface area is 118 Å². The molecule has 0 heterocycles. The highest BCUT2D eigenvalue weighted by atomic mass is 16.6. The Balaban J connectivity index is 4.57. The zero-order chi connectivity index (χ0) is 15.8. The SMILES string of the molecule is C=CCNC(=O)C[C@H](NC(=O)OC(C)(C)C)C(=O)OC. The van der Waals surface area contributed by atoms with Crippen LogP contribution in [0.4, 0.5) is 4.79 Å². The molecule has 0 spiro atoms. The van der Waals surface area contributed by atoms with Gasteiger partial charge in [-0.15, -0.1) is 6.58 Å². The average Bonchev–Trinajstić information content (AvgIpc) is 2.32. The molecule has 1 atom stereocenters. The van der Waals surface area contributed by atoms with Gasteiger partial charge in [0.2, 0.25) is 5.91 Å². The maximum Gasteiger partial charge on any atom is 0.408 e. The molecule has 0 aromatic carbocycles. The van der Waals surface area contributed by atoms with Crippen LogP contribution in [0.3, 0.4) is 0 Å². The van der Waals surface area contributed by atoms with Gasteiger partial charge in [-0.1, -0.05) is 6.08 Å². The van der Waals surface area contributed by atoms with Crippen molar-refractivity contribution in [3.05, 3.63) is 12.7 Å². The third-order valence-electron chi connectivity index (χ3n) is 2.01. The van der Waals surface area contributed by atoms with Gasteiger partial charge in [0.05, 0.1) is 13.5 Å². The van der Waals surface area contributed by atoms with Crippen LogP contribution in [0.1, 0.15) is 27.2 Å². The number of hydrogen-bond donors (Lipinski definition) is 2. The minimum atomic E-state index is -1.10. The van der Waals surface area contributed by atoms with Gasteiger partial charge >= 0.3 is 12.1 Å². The van der Waals surface area contributed by atoms with Crippen molar-refractivity contribution in [1.29, 1.82) is 0 Å². The number of carbonyl (C=O) groups is 3. The first-order valence-electron chi connectivity index (χ1n) is 6.14. The van der Waals surface area contributed by atoms with Crippen LogP contribution in [-0.2, 0) is 19.1 Å². The highest BCUT2D eigenvalue weighted by molar-refractivity contribution is 5.88. The molecule has 0 radical (unpaired) electrons. The minimum Gasteiger partial charge on any atom is -0.467 e. The van der Waals surface area contributed by atoms with Gasteiger partial charge < -0.3 is 20.1 Å². The normalized spacial score (nSPS) is 12.0. The molecule has 2 amide bonds. The number of alkyl carbamates (subject to hydrolysis) is 1. The topological polar surface area (TPSA) is 93.7 Å². The van der Waals surface area contributed by atoms with Crippen LogP contribution < -0.4 is 10.6 Å². The molecule has 0 aliphatic rings. The lowest BCUT2D eigenvalue weighted by Gasteiger charge is -2.22. The van der Waals surface area contributed by atoms with Crippen LogP contribution >= 0.6 is 0 Å².